The fraction of sp³-hybridized carbons (Fsp3) is 0.174. The number of aromatic nitrogens is 1. The van der Waals surface area contributed by atoms with Gasteiger partial charge in [0.25, 0.3) is 5.56 Å². The molecule has 29 heavy (non-hydrogen) atoms. The molecule has 1 aromatic heterocycles. The third-order valence-corrected chi connectivity index (χ3v) is 5.30. The van der Waals surface area contributed by atoms with Crippen molar-refractivity contribution in [1.29, 1.82) is 5.26 Å². The zero-order valence-corrected chi connectivity index (χ0v) is 17.7. The first kappa shape index (κ1) is 20.6. The summed E-state index contributed by atoms with van der Waals surface area (Å²) in [5, 5.41) is 19.6. The number of nitrogens with zero attached hydrogens (tertiary/aromatic N) is 2. The van der Waals surface area contributed by atoms with Crippen LogP contribution in [-0.2, 0) is 12.8 Å². The van der Waals surface area contributed by atoms with Crippen LogP contribution < -0.4 is 5.56 Å². The summed E-state index contributed by atoms with van der Waals surface area (Å²) in [5.74, 6) is -0.640. The number of pyridine rings is 1. The molecule has 0 bridgehead atoms. The van der Waals surface area contributed by atoms with Crippen LogP contribution in [0.1, 0.15) is 46.5 Å². The van der Waals surface area contributed by atoms with Gasteiger partial charge in [0.05, 0.1) is 11.3 Å². The predicted molar refractivity (Wildman–Crippen MR) is 115 cm³/mol. The first-order valence-corrected chi connectivity index (χ1v) is 10.0. The third kappa shape index (κ3) is 3.87. The molecular formula is C23H19BrN2O3. The molecule has 0 saturated carbocycles. The van der Waals surface area contributed by atoms with Crippen LogP contribution >= 0.6 is 15.9 Å². The van der Waals surface area contributed by atoms with Gasteiger partial charge in [0.1, 0.15) is 17.4 Å². The number of halogens is 1. The SMILES string of the molecule is CCc1cccc(CC)c1-n1cc(C(=O)c2cc(Br)ccc2O)cc(C#N)c1=O. The van der Waals surface area contributed by atoms with Crippen molar-refractivity contribution in [2.45, 2.75) is 26.7 Å². The number of hydrogen-bond donors (Lipinski definition) is 1. The van der Waals surface area contributed by atoms with Gasteiger partial charge in [0.2, 0.25) is 0 Å². The highest BCUT2D eigenvalue weighted by Gasteiger charge is 2.20. The second-order valence-electron chi connectivity index (χ2n) is 6.55. The average molecular weight is 451 g/mol. The van der Waals surface area contributed by atoms with Gasteiger partial charge in [-0.25, -0.2) is 0 Å². The Balaban J connectivity index is 2.30. The van der Waals surface area contributed by atoms with Crippen LogP contribution in [-0.4, -0.2) is 15.5 Å². The smallest absolute Gasteiger partial charge is 0.273 e. The van der Waals surface area contributed by atoms with Crippen molar-refractivity contribution in [2.24, 2.45) is 0 Å². The molecule has 1 N–H and O–H groups in total. The van der Waals surface area contributed by atoms with E-state index in [9.17, 15) is 20.0 Å². The van der Waals surface area contributed by atoms with Crippen molar-refractivity contribution in [3.8, 4) is 17.5 Å². The summed E-state index contributed by atoms with van der Waals surface area (Å²) in [6, 6.07) is 13.5. The number of carbonyl (C=O) groups is 1. The van der Waals surface area contributed by atoms with Crippen LogP contribution in [0.2, 0.25) is 0 Å². The number of nitriles is 1. The van der Waals surface area contributed by atoms with Gasteiger partial charge in [0, 0.05) is 16.2 Å². The zero-order valence-electron chi connectivity index (χ0n) is 16.1. The molecule has 146 valence electrons. The fourth-order valence-corrected chi connectivity index (χ4v) is 3.68. The highest BCUT2D eigenvalue weighted by molar-refractivity contribution is 9.10. The van der Waals surface area contributed by atoms with Gasteiger partial charge < -0.3 is 5.11 Å². The molecule has 0 aliphatic carbocycles. The largest absolute Gasteiger partial charge is 0.507 e. The summed E-state index contributed by atoms with van der Waals surface area (Å²) in [4.78, 5) is 26.0. The Morgan fingerprint density at radius 1 is 1.14 bits per heavy atom. The Hall–Kier alpha value is -3.17. The van der Waals surface area contributed by atoms with Gasteiger partial charge in [-0.3, -0.25) is 14.2 Å². The van der Waals surface area contributed by atoms with E-state index in [1.807, 2.05) is 38.1 Å². The number of phenolic OH excluding ortho intramolecular Hbond substituents is 1. The number of aryl methyl sites for hydroxylation is 2. The van der Waals surface area contributed by atoms with Gasteiger partial charge in [-0.05, 0) is 48.2 Å². The number of aromatic hydroxyl groups is 1. The minimum atomic E-state index is -0.474. The molecule has 0 aliphatic rings. The molecule has 0 saturated heterocycles. The zero-order chi connectivity index (χ0) is 21.1. The van der Waals surface area contributed by atoms with Crippen LogP contribution in [0.25, 0.3) is 5.69 Å². The number of rotatable bonds is 5. The second-order valence-corrected chi connectivity index (χ2v) is 7.47. The quantitative estimate of drug-likeness (QED) is 0.578. The van der Waals surface area contributed by atoms with Crippen LogP contribution in [0.15, 0.2) is 57.9 Å². The molecule has 0 unspecified atom stereocenters. The fourth-order valence-electron chi connectivity index (χ4n) is 3.32. The van der Waals surface area contributed by atoms with E-state index < -0.39 is 11.3 Å². The Kier molecular flexibility index (Phi) is 6.00. The molecular weight excluding hydrogens is 432 g/mol. The first-order chi connectivity index (χ1) is 13.9. The Bertz CT molecular complexity index is 1180. The lowest BCUT2D eigenvalue weighted by atomic mass is 10.00. The number of ketones is 1. The highest BCUT2D eigenvalue weighted by atomic mass is 79.9. The number of benzene rings is 2. The molecule has 0 spiro atoms. The maximum absolute atomic E-state index is 13.1. The maximum atomic E-state index is 13.1. The van der Waals surface area contributed by atoms with E-state index in [-0.39, 0.29) is 22.4 Å². The lowest BCUT2D eigenvalue weighted by Crippen LogP contribution is -2.24. The van der Waals surface area contributed by atoms with Crippen molar-refractivity contribution in [3.05, 3.63) is 91.3 Å². The van der Waals surface area contributed by atoms with Crippen LogP contribution in [0.5, 0.6) is 5.75 Å². The minimum Gasteiger partial charge on any atom is -0.507 e. The third-order valence-electron chi connectivity index (χ3n) is 4.81. The molecule has 2 aromatic carbocycles. The normalized spacial score (nSPS) is 10.6. The van der Waals surface area contributed by atoms with Gasteiger partial charge in [-0.2, -0.15) is 5.26 Å². The summed E-state index contributed by atoms with van der Waals surface area (Å²) in [6.07, 6.45) is 2.85. The second kappa shape index (κ2) is 8.46. The summed E-state index contributed by atoms with van der Waals surface area (Å²) in [6.45, 7) is 3.98. The monoisotopic (exact) mass is 450 g/mol. The molecule has 6 heteroatoms. The Morgan fingerprint density at radius 2 is 1.79 bits per heavy atom. The van der Waals surface area contributed by atoms with Crippen molar-refractivity contribution in [3.63, 3.8) is 0 Å². The lowest BCUT2D eigenvalue weighted by Gasteiger charge is -2.17. The van der Waals surface area contributed by atoms with Crippen molar-refractivity contribution >= 4 is 21.7 Å². The van der Waals surface area contributed by atoms with Crippen LogP contribution in [0.4, 0.5) is 0 Å². The molecule has 0 radical (unpaired) electrons. The Labute approximate surface area is 177 Å². The van der Waals surface area contributed by atoms with E-state index in [1.165, 1.54) is 29.0 Å². The van der Waals surface area contributed by atoms with Gasteiger partial charge in [-0.1, -0.05) is 48.0 Å². The average Bonchev–Trinajstić information content (AvgIpc) is 2.74. The summed E-state index contributed by atoms with van der Waals surface area (Å²) in [5.41, 5.74) is 2.24. The molecule has 1 heterocycles. The standard InChI is InChI=1S/C23H19BrN2O3/c1-3-14-6-5-7-15(4-2)21(14)26-13-17(10-16(12-25)23(26)29)22(28)19-11-18(24)8-9-20(19)27/h5-11,13,27H,3-4H2,1-2H3. The topological polar surface area (TPSA) is 83.1 Å². The molecule has 5 nitrogen and oxygen atoms in total. The van der Waals surface area contributed by atoms with Crippen molar-refractivity contribution in [2.75, 3.05) is 0 Å². The van der Waals surface area contributed by atoms with Gasteiger partial charge in [0.15, 0.2) is 5.78 Å². The molecule has 3 aromatic rings. The highest BCUT2D eigenvalue weighted by Crippen LogP contribution is 2.26. The summed E-state index contributed by atoms with van der Waals surface area (Å²) < 4.78 is 2.02. The lowest BCUT2D eigenvalue weighted by molar-refractivity contribution is 0.103. The van der Waals surface area contributed by atoms with Crippen molar-refractivity contribution < 1.29 is 9.90 Å². The molecule has 0 fully saturated rings. The molecule has 3 rings (SSSR count). The van der Waals surface area contributed by atoms with E-state index in [1.54, 1.807) is 6.07 Å². The van der Waals surface area contributed by atoms with Gasteiger partial charge >= 0.3 is 0 Å². The molecule has 0 aliphatic heterocycles. The number of phenols is 1. The van der Waals surface area contributed by atoms with Crippen LogP contribution in [0.3, 0.4) is 0 Å². The summed E-state index contributed by atoms with van der Waals surface area (Å²) >= 11 is 3.29. The minimum absolute atomic E-state index is 0.0907. The van der Waals surface area contributed by atoms with E-state index >= 15 is 0 Å². The molecule has 0 atom stereocenters. The number of para-hydroxylation sites is 1. The van der Waals surface area contributed by atoms with E-state index in [0.717, 1.165) is 11.1 Å². The summed E-state index contributed by atoms with van der Waals surface area (Å²) in [7, 11) is 0. The van der Waals surface area contributed by atoms with Crippen LogP contribution in [0, 0.1) is 11.3 Å². The molecule has 0 amide bonds. The maximum Gasteiger partial charge on any atom is 0.273 e. The Morgan fingerprint density at radius 3 is 2.38 bits per heavy atom. The van der Waals surface area contributed by atoms with E-state index in [4.69, 9.17) is 0 Å². The number of carbonyl (C=O) groups excluding carboxylic acids is 1. The van der Waals surface area contributed by atoms with Crippen molar-refractivity contribution in [1.82, 2.24) is 4.57 Å². The van der Waals surface area contributed by atoms with E-state index in [0.29, 0.717) is 23.0 Å². The first-order valence-electron chi connectivity index (χ1n) is 9.22. The van der Waals surface area contributed by atoms with Gasteiger partial charge in [-0.15, -0.1) is 0 Å². The predicted octanol–water partition coefficient (Wildman–Crippen LogP) is 4.53. The number of hydrogen-bond acceptors (Lipinski definition) is 4. The van der Waals surface area contributed by atoms with E-state index in [2.05, 4.69) is 15.9 Å².